The predicted octanol–water partition coefficient (Wildman–Crippen LogP) is 2.70. The largest absolute Gasteiger partial charge is 0.396 e. The maximum atomic E-state index is 9.88. The van der Waals surface area contributed by atoms with Crippen LogP contribution in [0, 0.1) is 6.92 Å². The third-order valence-corrected chi connectivity index (χ3v) is 5.22. The van der Waals surface area contributed by atoms with Crippen LogP contribution in [0.15, 0.2) is 65.7 Å². The van der Waals surface area contributed by atoms with Gasteiger partial charge >= 0.3 is 0 Å². The number of benzene rings is 2. The number of hydrogen-bond donors (Lipinski definition) is 3. The molecule has 3 N–H and O–H groups in total. The third kappa shape index (κ3) is 5.67. The lowest BCUT2D eigenvalue weighted by Crippen LogP contribution is -2.41. The van der Waals surface area contributed by atoms with Crippen LogP contribution in [0.3, 0.4) is 0 Å². The van der Waals surface area contributed by atoms with Crippen LogP contribution >= 0.6 is 0 Å². The molecule has 2 atom stereocenters. The number of aliphatic imine (C=N–C) groups is 1. The summed E-state index contributed by atoms with van der Waals surface area (Å²) in [4.78, 5) is 4.72. The highest BCUT2D eigenvalue weighted by atomic mass is 16.3. The third-order valence-electron chi connectivity index (χ3n) is 5.22. The molecule has 158 valence electrons. The Balaban J connectivity index is 1.74. The molecule has 0 aliphatic heterocycles. The Hall–Kier alpha value is -3.19. The summed E-state index contributed by atoms with van der Waals surface area (Å²) in [6.07, 6.45) is 0. The normalized spacial score (nSPS) is 13.7. The van der Waals surface area contributed by atoms with Crippen molar-refractivity contribution in [3.63, 3.8) is 0 Å². The van der Waals surface area contributed by atoms with Gasteiger partial charge in [0, 0.05) is 19.5 Å². The van der Waals surface area contributed by atoms with E-state index in [-0.39, 0.29) is 18.6 Å². The molecule has 2 aromatic carbocycles. The number of hydrogen-bond acceptors (Lipinski definition) is 4. The molecular formula is C23H30N6O. The van der Waals surface area contributed by atoms with E-state index in [0.29, 0.717) is 19.0 Å². The topological polar surface area (TPSA) is 87.4 Å². The van der Waals surface area contributed by atoms with Gasteiger partial charge in [0.15, 0.2) is 11.8 Å². The molecule has 0 bridgehead atoms. The van der Waals surface area contributed by atoms with Gasteiger partial charge in [-0.05, 0) is 25.0 Å². The lowest BCUT2D eigenvalue weighted by Gasteiger charge is -2.21. The van der Waals surface area contributed by atoms with E-state index in [0.717, 1.165) is 17.2 Å². The minimum atomic E-state index is -0.0256. The van der Waals surface area contributed by atoms with Crippen LogP contribution in [-0.2, 0) is 13.6 Å². The first kappa shape index (κ1) is 21.5. The van der Waals surface area contributed by atoms with Crippen LogP contribution in [0.4, 0.5) is 0 Å². The zero-order chi connectivity index (χ0) is 21.3. The Labute approximate surface area is 177 Å². The number of nitrogens with zero attached hydrogens (tertiary/aromatic N) is 4. The molecule has 0 aliphatic rings. The number of aliphatic hydroxyl groups excluding tert-OH is 1. The molecule has 2 unspecified atom stereocenters. The van der Waals surface area contributed by atoms with Crippen LogP contribution in [-0.4, -0.2) is 39.0 Å². The highest BCUT2D eigenvalue weighted by Crippen LogP contribution is 2.14. The fraction of sp³-hybridized carbons (Fsp3) is 0.348. The number of guanidine groups is 1. The summed E-state index contributed by atoms with van der Waals surface area (Å²) < 4.78 is 1.93. The summed E-state index contributed by atoms with van der Waals surface area (Å²) in [5, 5.41) is 25.0. The zero-order valence-electron chi connectivity index (χ0n) is 17.8. The van der Waals surface area contributed by atoms with Gasteiger partial charge in [0.2, 0.25) is 0 Å². The van der Waals surface area contributed by atoms with Gasteiger partial charge in [-0.25, -0.2) is 4.99 Å². The van der Waals surface area contributed by atoms with E-state index in [2.05, 4.69) is 39.9 Å². The molecule has 3 rings (SSSR count). The first-order valence-corrected chi connectivity index (χ1v) is 10.2. The lowest BCUT2D eigenvalue weighted by molar-refractivity contribution is 0.265. The highest BCUT2D eigenvalue weighted by molar-refractivity contribution is 5.80. The number of rotatable bonds is 8. The number of aromatic nitrogens is 3. The Morgan fingerprint density at radius 1 is 1.03 bits per heavy atom. The number of aryl methyl sites for hydroxylation is 1. The van der Waals surface area contributed by atoms with Gasteiger partial charge < -0.3 is 20.3 Å². The zero-order valence-corrected chi connectivity index (χ0v) is 17.8. The molecule has 0 aliphatic carbocycles. The standard InChI is InChI=1S/C23H30N6O/c1-17(19-10-6-4-7-11-19)26-23(25-15-22-28-27-18(2)29(22)3)24-14-21(16-30)20-12-8-5-9-13-20/h4-13,17,21,30H,14-16H2,1-3H3,(H2,24,25,26). The van der Waals surface area contributed by atoms with Crippen LogP contribution in [0.5, 0.6) is 0 Å². The Bertz CT molecular complexity index is 939. The molecule has 7 heteroatoms. The minimum Gasteiger partial charge on any atom is -0.396 e. The molecule has 0 spiro atoms. The van der Waals surface area contributed by atoms with E-state index in [4.69, 9.17) is 4.99 Å². The lowest BCUT2D eigenvalue weighted by atomic mass is 10.0. The molecule has 30 heavy (non-hydrogen) atoms. The van der Waals surface area contributed by atoms with Crippen molar-refractivity contribution < 1.29 is 5.11 Å². The van der Waals surface area contributed by atoms with Gasteiger partial charge in [-0.2, -0.15) is 0 Å². The second-order valence-electron chi connectivity index (χ2n) is 7.34. The average molecular weight is 407 g/mol. The quantitative estimate of drug-likeness (QED) is 0.395. The van der Waals surface area contributed by atoms with Crippen molar-refractivity contribution in [3.8, 4) is 0 Å². The molecule has 0 saturated carbocycles. The first-order chi connectivity index (χ1) is 14.6. The highest BCUT2D eigenvalue weighted by Gasteiger charge is 2.13. The van der Waals surface area contributed by atoms with Crippen molar-refractivity contribution in [2.24, 2.45) is 12.0 Å². The van der Waals surface area contributed by atoms with Crippen LogP contribution in [0.2, 0.25) is 0 Å². The molecule has 3 aromatic rings. The van der Waals surface area contributed by atoms with Crippen molar-refractivity contribution in [3.05, 3.63) is 83.4 Å². The molecule has 0 amide bonds. The summed E-state index contributed by atoms with van der Waals surface area (Å²) in [5.74, 6) is 2.29. The Kier molecular flexibility index (Phi) is 7.57. The van der Waals surface area contributed by atoms with E-state index in [1.807, 2.05) is 67.1 Å². The molecule has 1 heterocycles. The molecule has 0 fully saturated rings. The summed E-state index contributed by atoms with van der Waals surface area (Å²) in [6, 6.07) is 20.3. The maximum Gasteiger partial charge on any atom is 0.192 e. The van der Waals surface area contributed by atoms with Gasteiger partial charge in [0.25, 0.3) is 0 Å². The van der Waals surface area contributed by atoms with E-state index in [9.17, 15) is 5.11 Å². The predicted molar refractivity (Wildman–Crippen MR) is 119 cm³/mol. The van der Waals surface area contributed by atoms with Gasteiger partial charge in [0.05, 0.1) is 12.6 Å². The summed E-state index contributed by atoms with van der Waals surface area (Å²) >= 11 is 0. The number of nitrogens with one attached hydrogen (secondary N) is 2. The van der Waals surface area contributed by atoms with E-state index in [1.54, 1.807) is 0 Å². The minimum absolute atomic E-state index is 0.0256. The van der Waals surface area contributed by atoms with E-state index in [1.165, 1.54) is 5.56 Å². The van der Waals surface area contributed by atoms with Crippen LogP contribution in [0.1, 0.15) is 41.7 Å². The van der Waals surface area contributed by atoms with Crippen molar-refractivity contribution >= 4 is 5.96 Å². The monoisotopic (exact) mass is 406 g/mol. The van der Waals surface area contributed by atoms with E-state index >= 15 is 0 Å². The Morgan fingerprint density at radius 3 is 2.23 bits per heavy atom. The van der Waals surface area contributed by atoms with Crippen molar-refractivity contribution in [2.75, 3.05) is 13.2 Å². The second-order valence-corrected chi connectivity index (χ2v) is 7.34. The Morgan fingerprint density at radius 2 is 1.67 bits per heavy atom. The first-order valence-electron chi connectivity index (χ1n) is 10.2. The molecule has 0 saturated heterocycles. The van der Waals surface area contributed by atoms with Gasteiger partial charge in [0.1, 0.15) is 12.4 Å². The van der Waals surface area contributed by atoms with Gasteiger partial charge in [-0.1, -0.05) is 60.7 Å². The SMILES string of the molecule is Cc1nnc(CN=C(NCC(CO)c2ccccc2)NC(C)c2ccccc2)n1C. The average Bonchev–Trinajstić information content (AvgIpc) is 3.11. The summed E-state index contributed by atoms with van der Waals surface area (Å²) in [5.41, 5.74) is 2.26. The maximum absolute atomic E-state index is 9.88. The molecular weight excluding hydrogens is 376 g/mol. The van der Waals surface area contributed by atoms with Crippen molar-refractivity contribution in [1.82, 2.24) is 25.4 Å². The van der Waals surface area contributed by atoms with Gasteiger partial charge in [-0.3, -0.25) is 0 Å². The molecule has 0 radical (unpaired) electrons. The second kappa shape index (κ2) is 10.5. The summed E-state index contributed by atoms with van der Waals surface area (Å²) in [7, 11) is 1.94. The van der Waals surface area contributed by atoms with Crippen LogP contribution in [0.25, 0.3) is 0 Å². The van der Waals surface area contributed by atoms with E-state index < -0.39 is 0 Å². The van der Waals surface area contributed by atoms with Crippen molar-refractivity contribution in [2.45, 2.75) is 32.4 Å². The fourth-order valence-corrected chi connectivity index (χ4v) is 3.15. The van der Waals surface area contributed by atoms with Crippen molar-refractivity contribution in [1.29, 1.82) is 0 Å². The molecule has 1 aromatic heterocycles. The number of aliphatic hydroxyl groups is 1. The van der Waals surface area contributed by atoms with Crippen LogP contribution < -0.4 is 10.6 Å². The smallest absolute Gasteiger partial charge is 0.192 e. The molecule has 7 nitrogen and oxygen atoms in total. The summed E-state index contributed by atoms with van der Waals surface area (Å²) in [6.45, 7) is 5.04. The van der Waals surface area contributed by atoms with Gasteiger partial charge in [-0.15, -0.1) is 10.2 Å². The fourth-order valence-electron chi connectivity index (χ4n) is 3.15.